The molecule has 1 unspecified atom stereocenters. The van der Waals surface area contributed by atoms with E-state index >= 15 is 0 Å². The quantitative estimate of drug-likeness (QED) is 0.848. The molecule has 0 amide bonds. The molecule has 1 aliphatic carbocycles. The van der Waals surface area contributed by atoms with Crippen molar-refractivity contribution in [2.45, 2.75) is 20.3 Å². The van der Waals surface area contributed by atoms with Gasteiger partial charge in [-0.3, -0.25) is 0 Å². The SMILES string of the molecule is CC1(C)[C@@H](CN)[C@@H]1C1COc2ccccc2C1. The molecule has 3 rings (SSSR count). The van der Waals surface area contributed by atoms with Gasteiger partial charge in [0.25, 0.3) is 0 Å². The van der Waals surface area contributed by atoms with Gasteiger partial charge in [-0.15, -0.1) is 0 Å². The topological polar surface area (TPSA) is 35.2 Å². The smallest absolute Gasteiger partial charge is 0.122 e. The summed E-state index contributed by atoms with van der Waals surface area (Å²) in [5.74, 6) is 3.14. The maximum atomic E-state index is 5.88. The van der Waals surface area contributed by atoms with Gasteiger partial charge < -0.3 is 10.5 Å². The number of hydrogen-bond donors (Lipinski definition) is 1. The van der Waals surface area contributed by atoms with Crippen molar-refractivity contribution >= 4 is 0 Å². The predicted molar refractivity (Wildman–Crippen MR) is 68.9 cm³/mol. The van der Waals surface area contributed by atoms with Crippen LogP contribution in [-0.4, -0.2) is 13.2 Å². The Hall–Kier alpha value is -1.02. The van der Waals surface area contributed by atoms with E-state index in [9.17, 15) is 0 Å². The minimum Gasteiger partial charge on any atom is -0.493 e. The van der Waals surface area contributed by atoms with Crippen molar-refractivity contribution in [3.8, 4) is 5.75 Å². The third-order valence-electron chi connectivity index (χ3n) is 4.81. The van der Waals surface area contributed by atoms with Crippen molar-refractivity contribution in [1.29, 1.82) is 0 Å². The standard InChI is InChI=1S/C15H21NO/c1-15(2)12(8-16)14(15)11-7-10-5-3-4-6-13(10)17-9-11/h3-6,11-12,14H,7-9,16H2,1-2H3/t11?,12-,14-/m0/s1. The van der Waals surface area contributed by atoms with Gasteiger partial charge in [0.05, 0.1) is 6.61 Å². The second kappa shape index (κ2) is 3.74. The summed E-state index contributed by atoms with van der Waals surface area (Å²) in [4.78, 5) is 0. The fourth-order valence-corrected chi connectivity index (χ4v) is 3.75. The molecule has 0 saturated heterocycles. The summed E-state index contributed by atoms with van der Waals surface area (Å²) in [6, 6.07) is 8.41. The van der Waals surface area contributed by atoms with E-state index in [0.717, 1.165) is 31.2 Å². The number of ether oxygens (including phenoxy) is 1. The number of para-hydroxylation sites is 1. The molecule has 1 aromatic rings. The summed E-state index contributed by atoms with van der Waals surface area (Å²) >= 11 is 0. The predicted octanol–water partition coefficient (Wildman–Crippen LogP) is 2.47. The summed E-state index contributed by atoms with van der Waals surface area (Å²) in [7, 11) is 0. The van der Waals surface area contributed by atoms with E-state index in [0.29, 0.717) is 17.3 Å². The van der Waals surface area contributed by atoms with Crippen molar-refractivity contribution in [3.05, 3.63) is 29.8 Å². The molecule has 2 heteroatoms. The minimum absolute atomic E-state index is 0.412. The molecule has 1 aromatic carbocycles. The molecule has 1 saturated carbocycles. The fraction of sp³-hybridized carbons (Fsp3) is 0.600. The van der Waals surface area contributed by atoms with Gasteiger partial charge in [0.15, 0.2) is 0 Å². The summed E-state index contributed by atoms with van der Waals surface area (Å²) in [6.07, 6.45) is 1.15. The third-order valence-corrected chi connectivity index (χ3v) is 4.81. The van der Waals surface area contributed by atoms with E-state index in [4.69, 9.17) is 10.5 Å². The van der Waals surface area contributed by atoms with Crippen LogP contribution in [0, 0.1) is 23.2 Å². The highest BCUT2D eigenvalue weighted by Crippen LogP contribution is 2.62. The van der Waals surface area contributed by atoms with Crippen LogP contribution in [0.4, 0.5) is 0 Å². The molecular weight excluding hydrogens is 210 g/mol. The van der Waals surface area contributed by atoms with Crippen molar-refractivity contribution in [2.24, 2.45) is 28.9 Å². The van der Waals surface area contributed by atoms with Gasteiger partial charge >= 0.3 is 0 Å². The summed E-state index contributed by atoms with van der Waals surface area (Å²) in [6.45, 7) is 6.36. The monoisotopic (exact) mass is 231 g/mol. The van der Waals surface area contributed by atoms with Crippen molar-refractivity contribution in [1.82, 2.24) is 0 Å². The Labute approximate surface area is 103 Å². The lowest BCUT2D eigenvalue weighted by molar-refractivity contribution is 0.191. The van der Waals surface area contributed by atoms with Crippen molar-refractivity contribution in [2.75, 3.05) is 13.2 Å². The molecule has 0 bridgehead atoms. The van der Waals surface area contributed by atoms with Crippen LogP contribution in [0.25, 0.3) is 0 Å². The lowest BCUT2D eigenvalue weighted by Crippen LogP contribution is -2.24. The van der Waals surface area contributed by atoms with E-state index < -0.39 is 0 Å². The fourth-order valence-electron chi connectivity index (χ4n) is 3.75. The van der Waals surface area contributed by atoms with E-state index in [1.54, 1.807) is 0 Å². The average molecular weight is 231 g/mol. The lowest BCUT2D eigenvalue weighted by atomic mass is 9.89. The maximum Gasteiger partial charge on any atom is 0.122 e. The normalized spacial score (nSPS) is 33.7. The summed E-state index contributed by atoms with van der Waals surface area (Å²) in [5, 5.41) is 0. The first-order valence-corrected chi connectivity index (χ1v) is 6.55. The Morgan fingerprint density at radius 2 is 2.12 bits per heavy atom. The first-order chi connectivity index (χ1) is 8.14. The number of hydrogen-bond acceptors (Lipinski definition) is 2. The zero-order valence-corrected chi connectivity index (χ0v) is 10.6. The Morgan fingerprint density at radius 3 is 2.82 bits per heavy atom. The average Bonchev–Trinajstić information content (AvgIpc) is 2.90. The second-order valence-electron chi connectivity index (χ2n) is 6.07. The zero-order valence-electron chi connectivity index (χ0n) is 10.6. The number of benzene rings is 1. The Balaban J connectivity index is 1.77. The molecule has 17 heavy (non-hydrogen) atoms. The Morgan fingerprint density at radius 1 is 1.35 bits per heavy atom. The summed E-state index contributed by atoms with van der Waals surface area (Å²) in [5.41, 5.74) is 7.64. The van der Waals surface area contributed by atoms with Gasteiger partial charge in [-0.05, 0) is 41.8 Å². The van der Waals surface area contributed by atoms with Crippen LogP contribution in [-0.2, 0) is 6.42 Å². The summed E-state index contributed by atoms with van der Waals surface area (Å²) < 4.78 is 5.88. The number of fused-ring (bicyclic) bond motifs is 1. The Kier molecular flexibility index (Phi) is 2.44. The molecule has 0 spiro atoms. The van der Waals surface area contributed by atoms with Gasteiger partial charge in [0.1, 0.15) is 5.75 Å². The molecule has 2 aliphatic rings. The van der Waals surface area contributed by atoms with Crippen LogP contribution in [0.2, 0.25) is 0 Å². The number of rotatable bonds is 2. The van der Waals surface area contributed by atoms with Gasteiger partial charge in [0.2, 0.25) is 0 Å². The van der Waals surface area contributed by atoms with E-state index in [1.165, 1.54) is 5.56 Å². The lowest BCUT2D eigenvalue weighted by Gasteiger charge is -2.26. The minimum atomic E-state index is 0.412. The van der Waals surface area contributed by atoms with Crippen LogP contribution >= 0.6 is 0 Å². The number of nitrogens with two attached hydrogens (primary N) is 1. The highest BCUT2D eigenvalue weighted by Gasteiger charge is 2.59. The van der Waals surface area contributed by atoms with E-state index in [-0.39, 0.29) is 0 Å². The molecule has 0 aromatic heterocycles. The van der Waals surface area contributed by atoms with Crippen LogP contribution in [0.3, 0.4) is 0 Å². The van der Waals surface area contributed by atoms with Gasteiger partial charge in [-0.1, -0.05) is 32.0 Å². The van der Waals surface area contributed by atoms with Crippen LogP contribution in [0.5, 0.6) is 5.75 Å². The third kappa shape index (κ3) is 1.66. The molecule has 2 nitrogen and oxygen atoms in total. The first-order valence-electron chi connectivity index (χ1n) is 6.55. The highest BCUT2D eigenvalue weighted by atomic mass is 16.5. The van der Waals surface area contributed by atoms with Gasteiger partial charge in [-0.25, -0.2) is 0 Å². The van der Waals surface area contributed by atoms with Gasteiger partial charge in [0, 0.05) is 5.92 Å². The van der Waals surface area contributed by atoms with Gasteiger partial charge in [-0.2, -0.15) is 0 Å². The van der Waals surface area contributed by atoms with Crippen molar-refractivity contribution in [3.63, 3.8) is 0 Å². The van der Waals surface area contributed by atoms with E-state index in [2.05, 4.69) is 32.0 Å². The van der Waals surface area contributed by atoms with E-state index in [1.807, 2.05) is 6.07 Å². The molecular formula is C15H21NO. The van der Waals surface area contributed by atoms with Crippen LogP contribution < -0.4 is 10.5 Å². The van der Waals surface area contributed by atoms with Crippen molar-refractivity contribution < 1.29 is 4.74 Å². The molecule has 1 aliphatic heterocycles. The molecule has 92 valence electrons. The highest BCUT2D eigenvalue weighted by molar-refractivity contribution is 5.35. The maximum absolute atomic E-state index is 5.88. The van der Waals surface area contributed by atoms with Crippen LogP contribution in [0.15, 0.2) is 24.3 Å². The zero-order chi connectivity index (χ0) is 12.0. The molecule has 0 radical (unpaired) electrons. The first kappa shape index (κ1) is 11.1. The largest absolute Gasteiger partial charge is 0.493 e. The molecule has 2 N–H and O–H groups in total. The van der Waals surface area contributed by atoms with Crippen LogP contribution in [0.1, 0.15) is 19.4 Å². The molecule has 1 fully saturated rings. The Bertz CT molecular complexity index is 427. The second-order valence-corrected chi connectivity index (χ2v) is 6.07. The molecule has 3 atom stereocenters. The molecule has 1 heterocycles.